The SMILES string of the molecule is CCC(CC)(CN)C(=O)N[C@H](C)c1ccccc1.Cl. The number of benzene rings is 1. The molecule has 0 fully saturated rings. The number of carbonyl (C=O) groups is 1. The van der Waals surface area contributed by atoms with Gasteiger partial charge < -0.3 is 11.1 Å². The summed E-state index contributed by atoms with van der Waals surface area (Å²) < 4.78 is 0. The third kappa shape index (κ3) is 4.22. The van der Waals surface area contributed by atoms with Gasteiger partial charge in [-0.05, 0) is 25.3 Å². The van der Waals surface area contributed by atoms with Crippen LogP contribution in [0, 0.1) is 5.41 Å². The summed E-state index contributed by atoms with van der Waals surface area (Å²) in [5, 5.41) is 3.07. The van der Waals surface area contributed by atoms with Crippen molar-refractivity contribution in [2.45, 2.75) is 39.7 Å². The Kier molecular flexibility index (Phi) is 7.72. The molecule has 0 bridgehead atoms. The minimum Gasteiger partial charge on any atom is -0.349 e. The summed E-state index contributed by atoms with van der Waals surface area (Å²) in [6.07, 6.45) is 1.54. The van der Waals surface area contributed by atoms with Gasteiger partial charge in [-0.3, -0.25) is 4.79 Å². The molecule has 0 saturated heterocycles. The molecule has 108 valence electrons. The Bertz CT molecular complexity index is 369. The third-order valence-corrected chi connectivity index (χ3v) is 3.87. The number of nitrogens with two attached hydrogens (primary N) is 1. The summed E-state index contributed by atoms with van der Waals surface area (Å²) in [6.45, 7) is 6.43. The van der Waals surface area contributed by atoms with Crippen LogP contribution < -0.4 is 11.1 Å². The van der Waals surface area contributed by atoms with E-state index in [4.69, 9.17) is 5.73 Å². The van der Waals surface area contributed by atoms with E-state index in [-0.39, 0.29) is 24.4 Å². The van der Waals surface area contributed by atoms with E-state index in [1.807, 2.05) is 51.1 Å². The van der Waals surface area contributed by atoms with Crippen LogP contribution in [0.15, 0.2) is 30.3 Å². The number of hydrogen-bond acceptors (Lipinski definition) is 2. The predicted molar refractivity (Wildman–Crippen MR) is 82.3 cm³/mol. The molecule has 0 unspecified atom stereocenters. The van der Waals surface area contributed by atoms with Crippen LogP contribution >= 0.6 is 12.4 Å². The molecule has 3 nitrogen and oxygen atoms in total. The number of carbonyl (C=O) groups excluding carboxylic acids is 1. The molecule has 0 saturated carbocycles. The van der Waals surface area contributed by atoms with Crippen LogP contribution in [0.25, 0.3) is 0 Å². The molecule has 0 spiro atoms. The first kappa shape index (κ1) is 17.9. The van der Waals surface area contributed by atoms with Crippen molar-refractivity contribution in [3.8, 4) is 0 Å². The standard InChI is InChI=1S/C15H24N2O.ClH/c1-4-15(5-2,11-16)14(18)17-12(3)13-9-7-6-8-10-13;/h6-10,12H,4-5,11,16H2,1-3H3,(H,17,18);1H/t12-;/m1./s1. The molecule has 3 N–H and O–H groups in total. The number of rotatable bonds is 6. The second kappa shape index (κ2) is 8.18. The van der Waals surface area contributed by atoms with E-state index in [9.17, 15) is 4.79 Å². The first-order chi connectivity index (χ1) is 8.59. The Morgan fingerprint density at radius 2 is 1.79 bits per heavy atom. The number of hydrogen-bond donors (Lipinski definition) is 2. The first-order valence-electron chi connectivity index (χ1n) is 6.65. The van der Waals surface area contributed by atoms with Crippen molar-refractivity contribution >= 4 is 18.3 Å². The molecule has 0 radical (unpaired) electrons. The van der Waals surface area contributed by atoms with Crippen molar-refractivity contribution < 1.29 is 4.79 Å². The van der Waals surface area contributed by atoms with Gasteiger partial charge in [0.1, 0.15) is 0 Å². The molecule has 0 heterocycles. The van der Waals surface area contributed by atoms with Crippen molar-refractivity contribution in [1.29, 1.82) is 0 Å². The Morgan fingerprint density at radius 3 is 2.21 bits per heavy atom. The first-order valence-corrected chi connectivity index (χ1v) is 6.65. The molecule has 1 amide bonds. The van der Waals surface area contributed by atoms with E-state index in [1.54, 1.807) is 0 Å². The quantitative estimate of drug-likeness (QED) is 0.843. The Balaban J connectivity index is 0.00000324. The summed E-state index contributed by atoms with van der Waals surface area (Å²) in [4.78, 5) is 12.4. The topological polar surface area (TPSA) is 55.1 Å². The van der Waals surface area contributed by atoms with Gasteiger partial charge in [0.15, 0.2) is 0 Å². The summed E-state index contributed by atoms with van der Waals surface area (Å²) >= 11 is 0. The molecule has 0 aliphatic carbocycles. The second-order valence-electron chi connectivity index (χ2n) is 4.80. The maximum atomic E-state index is 12.4. The van der Waals surface area contributed by atoms with Gasteiger partial charge in [0.25, 0.3) is 0 Å². The van der Waals surface area contributed by atoms with Crippen LogP contribution in [0.5, 0.6) is 0 Å². The fourth-order valence-corrected chi connectivity index (χ4v) is 2.13. The van der Waals surface area contributed by atoms with E-state index in [0.717, 1.165) is 18.4 Å². The lowest BCUT2D eigenvalue weighted by molar-refractivity contribution is -0.131. The van der Waals surface area contributed by atoms with Gasteiger partial charge >= 0.3 is 0 Å². The summed E-state index contributed by atoms with van der Waals surface area (Å²) in [5.74, 6) is 0.0614. The number of nitrogens with one attached hydrogen (secondary N) is 1. The van der Waals surface area contributed by atoms with E-state index < -0.39 is 5.41 Å². The summed E-state index contributed by atoms with van der Waals surface area (Å²) in [5.41, 5.74) is 6.47. The predicted octanol–water partition coefficient (Wildman–Crippen LogP) is 3.05. The molecule has 1 aromatic carbocycles. The van der Waals surface area contributed by atoms with Gasteiger partial charge in [-0.2, -0.15) is 0 Å². The van der Waals surface area contributed by atoms with E-state index in [0.29, 0.717) is 6.54 Å². The smallest absolute Gasteiger partial charge is 0.227 e. The highest BCUT2D eigenvalue weighted by molar-refractivity contribution is 5.85. The monoisotopic (exact) mass is 284 g/mol. The maximum Gasteiger partial charge on any atom is 0.227 e. The van der Waals surface area contributed by atoms with Crippen LogP contribution in [-0.4, -0.2) is 12.5 Å². The normalized spacial score (nSPS) is 12.4. The third-order valence-electron chi connectivity index (χ3n) is 3.87. The fourth-order valence-electron chi connectivity index (χ4n) is 2.13. The maximum absolute atomic E-state index is 12.4. The summed E-state index contributed by atoms with van der Waals surface area (Å²) in [7, 11) is 0. The molecule has 1 aromatic rings. The zero-order chi connectivity index (χ0) is 13.6. The Labute approximate surface area is 122 Å². The lowest BCUT2D eigenvalue weighted by atomic mass is 9.81. The largest absolute Gasteiger partial charge is 0.349 e. The van der Waals surface area contributed by atoms with Crippen molar-refractivity contribution in [2.24, 2.45) is 11.1 Å². The van der Waals surface area contributed by atoms with Crippen molar-refractivity contribution in [3.63, 3.8) is 0 Å². The van der Waals surface area contributed by atoms with Gasteiger partial charge in [0, 0.05) is 6.54 Å². The number of amides is 1. The van der Waals surface area contributed by atoms with E-state index in [1.165, 1.54) is 0 Å². The molecule has 0 aliphatic rings. The van der Waals surface area contributed by atoms with Crippen LogP contribution in [0.3, 0.4) is 0 Å². The van der Waals surface area contributed by atoms with Gasteiger partial charge in [-0.1, -0.05) is 44.2 Å². The molecule has 0 aliphatic heterocycles. The zero-order valence-corrected chi connectivity index (χ0v) is 12.8. The number of halogens is 1. The minimum atomic E-state index is -0.428. The zero-order valence-electron chi connectivity index (χ0n) is 12.0. The van der Waals surface area contributed by atoms with Crippen LogP contribution in [0.1, 0.15) is 45.2 Å². The molecular weight excluding hydrogens is 260 g/mol. The van der Waals surface area contributed by atoms with Crippen molar-refractivity contribution in [2.75, 3.05) is 6.54 Å². The average Bonchev–Trinajstić information content (AvgIpc) is 2.42. The van der Waals surface area contributed by atoms with Gasteiger partial charge in [-0.25, -0.2) is 0 Å². The second-order valence-corrected chi connectivity index (χ2v) is 4.80. The van der Waals surface area contributed by atoms with Crippen molar-refractivity contribution in [1.82, 2.24) is 5.32 Å². The fraction of sp³-hybridized carbons (Fsp3) is 0.533. The van der Waals surface area contributed by atoms with Gasteiger partial charge in [0.2, 0.25) is 5.91 Å². The minimum absolute atomic E-state index is 0. The molecular formula is C15H25ClN2O. The van der Waals surface area contributed by atoms with Crippen molar-refractivity contribution in [3.05, 3.63) is 35.9 Å². The Morgan fingerprint density at radius 1 is 1.26 bits per heavy atom. The molecule has 4 heteroatoms. The van der Waals surface area contributed by atoms with E-state index >= 15 is 0 Å². The molecule has 19 heavy (non-hydrogen) atoms. The highest BCUT2D eigenvalue weighted by Gasteiger charge is 2.33. The lowest BCUT2D eigenvalue weighted by Gasteiger charge is -2.30. The summed E-state index contributed by atoms with van der Waals surface area (Å²) in [6, 6.07) is 9.99. The van der Waals surface area contributed by atoms with Gasteiger partial charge in [0.05, 0.1) is 11.5 Å². The molecule has 0 aromatic heterocycles. The highest BCUT2D eigenvalue weighted by atomic mass is 35.5. The average molecular weight is 285 g/mol. The van der Waals surface area contributed by atoms with Crippen LogP contribution in [-0.2, 0) is 4.79 Å². The molecule has 1 rings (SSSR count). The van der Waals surface area contributed by atoms with E-state index in [2.05, 4.69) is 5.32 Å². The molecule has 1 atom stereocenters. The highest BCUT2D eigenvalue weighted by Crippen LogP contribution is 2.26. The van der Waals surface area contributed by atoms with Gasteiger partial charge in [-0.15, -0.1) is 12.4 Å². The van der Waals surface area contributed by atoms with Crippen LogP contribution in [0.4, 0.5) is 0 Å². The Hall–Kier alpha value is -1.06. The lowest BCUT2D eigenvalue weighted by Crippen LogP contribution is -2.46. The van der Waals surface area contributed by atoms with Crippen LogP contribution in [0.2, 0.25) is 0 Å².